The van der Waals surface area contributed by atoms with Crippen LogP contribution in [0.1, 0.15) is 38.6 Å². The number of phenolic OH excluding ortho intramolecular Hbond substituents is 4. The summed E-state index contributed by atoms with van der Waals surface area (Å²) in [5.74, 6) is -5.75. The molecule has 6 N–H and O–H groups in total. The van der Waals surface area contributed by atoms with Crippen molar-refractivity contribution in [2.45, 2.75) is 30.7 Å². The highest BCUT2D eigenvalue weighted by atomic mass is 16.6. The molecular weight excluding hydrogens is 412 g/mol. The third kappa shape index (κ3) is 3.39. The summed E-state index contributed by atoms with van der Waals surface area (Å²) in [5, 5.41) is 59.9. The van der Waals surface area contributed by atoms with Gasteiger partial charge in [0.25, 0.3) is 0 Å². The topological polar surface area (TPSA) is 174 Å². The molecule has 1 fully saturated rings. The van der Waals surface area contributed by atoms with Crippen LogP contribution in [0, 0.1) is 5.92 Å². The van der Waals surface area contributed by atoms with Crippen LogP contribution in [0.3, 0.4) is 0 Å². The highest BCUT2D eigenvalue weighted by molar-refractivity contribution is 5.95. The number of carbonyl (C=O) groups excluding carboxylic acids is 2. The van der Waals surface area contributed by atoms with Crippen molar-refractivity contribution in [3.8, 4) is 23.0 Å². The summed E-state index contributed by atoms with van der Waals surface area (Å²) >= 11 is 0. The Hall–Kier alpha value is -3.50. The smallest absolute Gasteiger partial charge is 0.339 e. The lowest BCUT2D eigenvalue weighted by Gasteiger charge is -2.45. The van der Waals surface area contributed by atoms with Gasteiger partial charge in [0.15, 0.2) is 17.6 Å². The Morgan fingerprint density at radius 2 is 1.77 bits per heavy atom. The second-order valence-corrected chi connectivity index (χ2v) is 7.62. The zero-order valence-electron chi connectivity index (χ0n) is 16.0. The highest BCUT2D eigenvalue weighted by Crippen LogP contribution is 2.51. The van der Waals surface area contributed by atoms with Crippen molar-refractivity contribution in [3.05, 3.63) is 47.0 Å². The summed E-state index contributed by atoms with van der Waals surface area (Å²) in [5.41, 5.74) is -0.126. The van der Waals surface area contributed by atoms with Crippen molar-refractivity contribution < 1.29 is 49.7 Å². The molecule has 0 saturated heterocycles. The number of aliphatic hydroxyl groups excluding tert-OH is 2. The van der Waals surface area contributed by atoms with E-state index >= 15 is 0 Å². The Morgan fingerprint density at radius 3 is 2.42 bits per heavy atom. The maximum Gasteiger partial charge on any atom is 0.339 e. The van der Waals surface area contributed by atoms with Gasteiger partial charge < -0.3 is 40.1 Å². The third-order valence-corrected chi connectivity index (χ3v) is 5.80. The number of hydrogen-bond acceptors (Lipinski definition) is 10. The summed E-state index contributed by atoms with van der Waals surface area (Å²) in [6, 6.07) is 6.12. The zero-order valence-corrected chi connectivity index (χ0v) is 16.0. The number of rotatable bonds is 3. The van der Waals surface area contributed by atoms with Gasteiger partial charge in [-0.15, -0.1) is 0 Å². The monoisotopic (exact) mass is 432 g/mol. The first kappa shape index (κ1) is 20.8. The summed E-state index contributed by atoms with van der Waals surface area (Å²) in [6.07, 6.45) is -3.93. The van der Waals surface area contributed by atoms with Crippen LogP contribution < -0.4 is 0 Å². The Balaban J connectivity index is 1.73. The minimum absolute atomic E-state index is 0.0208. The minimum atomic E-state index is -1.38. The second-order valence-electron chi connectivity index (χ2n) is 7.62. The van der Waals surface area contributed by atoms with Gasteiger partial charge in [0.2, 0.25) is 5.75 Å². The van der Waals surface area contributed by atoms with Crippen molar-refractivity contribution in [1.82, 2.24) is 0 Å². The number of ether oxygens (including phenoxy) is 2. The van der Waals surface area contributed by atoms with Crippen LogP contribution >= 0.6 is 0 Å². The Labute approximate surface area is 175 Å². The number of benzene rings is 2. The van der Waals surface area contributed by atoms with Gasteiger partial charge in [0, 0.05) is 24.0 Å². The van der Waals surface area contributed by atoms with Crippen LogP contribution in [-0.2, 0) is 9.47 Å². The zero-order chi connectivity index (χ0) is 22.4. The van der Waals surface area contributed by atoms with Gasteiger partial charge in [-0.2, -0.15) is 0 Å². The van der Waals surface area contributed by atoms with Crippen LogP contribution in [0.4, 0.5) is 0 Å². The van der Waals surface area contributed by atoms with E-state index in [1.165, 1.54) is 24.3 Å². The summed E-state index contributed by atoms with van der Waals surface area (Å²) in [4.78, 5) is 25.1. The fourth-order valence-electron chi connectivity index (χ4n) is 4.22. The average molecular weight is 432 g/mol. The van der Waals surface area contributed by atoms with Crippen LogP contribution in [0.2, 0.25) is 0 Å². The molecule has 2 aliphatic rings. The Morgan fingerprint density at radius 1 is 1.10 bits per heavy atom. The van der Waals surface area contributed by atoms with Crippen LogP contribution in [-0.4, -0.2) is 67.5 Å². The first-order chi connectivity index (χ1) is 14.7. The van der Waals surface area contributed by atoms with E-state index in [4.69, 9.17) is 9.47 Å². The lowest BCUT2D eigenvalue weighted by atomic mass is 9.70. The largest absolute Gasteiger partial charge is 0.508 e. The summed E-state index contributed by atoms with van der Waals surface area (Å²) in [7, 11) is 0. The average Bonchev–Trinajstić information content (AvgIpc) is 2.75. The maximum atomic E-state index is 12.6. The first-order valence-electron chi connectivity index (χ1n) is 9.50. The van der Waals surface area contributed by atoms with E-state index in [-0.39, 0.29) is 28.9 Å². The molecule has 0 radical (unpaired) electrons. The molecule has 0 aromatic heterocycles. The number of esters is 2. The molecule has 0 amide bonds. The lowest BCUT2D eigenvalue weighted by molar-refractivity contribution is -0.138. The van der Waals surface area contributed by atoms with Gasteiger partial charge in [-0.3, -0.25) is 0 Å². The predicted octanol–water partition coefficient (Wildman–Crippen LogP) is 0.730. The van der Waals surface area contributed by atoms with Crippen molar-refractivity contribution in [2.75, 3.05) is 6.61 Å². The molecular formula is C21H20O10. The molecule has 10 nitrogen and oxygen atoms in total. The molecule has 5 atom stereocenters. The fraction of sp³-hybridized carbons (Fsp3) is 0.333. The molecule has 4 rings (SSSR count). The molecule has 164 valence electrons. The third-order valence-electron chi connectivity index (χ3n) is 5.80. The van der Waals surface area contributed by atoms with Crippen molar-refractivity contribution in [1.29, 1.82) is 0 Å². The minimum Gasteiger partial charge on any atom is -0.508 e. The number of phenols is 4. The molecule has 2 aromatic rings. The molecule has 1 saturated carbocycles. The van der Waals surface area contributed by atoms with E-state index in [0.29, 0.717) is 0 Å². The highest BCUT2D eigenvalue weighted by Gasteiger charge is 2.53. The standard InChI is InChI=1S/C21H20O10/c22-7-9-5-11-14-12(6-13(24)16(26)17(14)27)21(29)30-18(11)19(15(9)25)31-20(28)8-1-3-10(23)4-2-8/h1-4,6,9,11,15,18-19,22-27H,5,7H2. The number of aliphatic hydroxyl groups is 2. The lowest BCUT2D eigenvalue weighted by Crippen LogP contribution is -2.56. The second kappa shape index (κ2) is 7.64. The molecule has 10 heteroatoms. The van der Waals surface area contributed by atoms with Gasteiger partial charge in [-0.05, 0) is 36.8 Å². The quantitative estimate of drug-likeness (QED) is 0.300. The number of hydrogen-bond donors (Lipinski definition) is 6. The molecule has 1 aliphatic carbocycles. The Bertz CT molecular complexity index is 1030. The van der Waals surface area contributed by atoms with E-state index in [9.17, 15) is 40.2 Å². The van der Waals surface area contributed by atoms with Gasteiger partial charge >= 0.3 is 11.9 Å². The Kier molecular flexibility index (Phi) is 5.11. The normalized spacial score (nSPS) is 27.0. The van der Waals surface area contributed by atoms with Crippen molar-refractivity contribution in [3.63, 3.8) is 0 Å². The number of carbonyl (C=O) groups is 2. The van der Waals surface area contributed by atoms with E-state index in [1.54, 1.807) is 0 Å². The van der Waals surface area contributed by atoms with E-state index < -0.39 is 65.9 Å². The predicted molar refractivity (Wildman–Crippen MR) is 102 cm³/mol. The summed E-state index contributed by atoms with van der Waals surface area (Å²) < 4.78 is 10.8. The van der Waals surface area contributed by atoms with Gasteiger partial charge in [0.1, 0.15) is 11.9 Å². The summed E-state index contributed by atoms with van der Waals surface area (Å²) in [6.45, 7) is -0.480. The SMILES string of the molecule is O=C(OC1C(O)C(CO)CC2c3c(cc(O)c(O)c3O)C(=O)OC21)c1ccc(O)cc1. The van der Waals surface area contributed by atoms with Crippen molar-refractivity contribution in [2.24, 2.45) is 5.92 Å². The molecule has 5 unspecified atom stereocenters. The molecule has 2 aromatic carbocycles. The van der Waals surface area contributed by atoms with E-state index in [0.717, 1.165) is 6.07 Å². The van der Waals surface area contributed by atoms with Crippen LogP contribution in [0.25, 0.3) is 0 Å². The van der Waals surface area contributed by atoms with Gasteiger partial charge in [0.05, 0.1) is 17.2 Å². The number of aromatic hydroxyl groups is 4. The van der Waals surface area contributed by atoms with Gasteiger partial charge in [-0.1, -0.05) is 0 Å². The van der Waals surface area contributed by atoms with Crippen LogP contribution in [0.15, 0.2) is 30.3 Å². The van der Waals surface area contributed by atoms with E-state index in [2.05, 4.69) is 0 Å². The number of fused-ring (bicyclic) bond motifs is 3. The van der Waals surface area contributed by atoms with Crippen molar-refractivity contribution >= 4 is 11.9 Å². The first-order valence-corrected chi connectivity index (χ1v) is 9.50. The molecule has 0 bridgehead atoms. The molecule has 1 aliphatic heterocycles. The van der Waals surface area contributed by atoms with Crippen LogP contribution in [0.5, 0.6) is 23.0 Å². The van der Waals surface area contributed by atoms with E-state index in [1.807, 2.05) is 0 Å². The molecule has 0 spiro atoms. The molecule has 31 heavy (non-hydrogen) atoms. The van der Waals surface area contributed by atoms with Gasteiger partial charge in [-0.25, -0.2) is 9.59 Å². The molecule has 1 heterocycles. The maximum absolute atomic E-state index is 12.6. The fourth-order valence-corrected chi connectivity index (χ4v) is 4.22.